The molecule has 1 saturated carbocycles. The number of rotatable bonds is 10. The van der Waals surface area contributed by atoms with E-state index in [0.29, 0.717) is 12.8 Å². The lowest BCUT2D eigenvalue weighted by Crippen LogP contribution is -2.46. The van der Waals surface area contributed by atoms with Gasteiger partial charge in [0.05, 0.1) is 5.92 Å². The summed E-state index contributed by atoms with van der Waals surface area (Å²) in [6, 6.07) is 16.4. The highest BCUT2D eigenvalue weighted by Gasteiger charge is 2.33. The van der Waals surface area contributed by atoms with Crippen LogP contribution in [0, 0.1) is 11.8 Å². The Hall–Kier alpha value is -3.35. The summed E-state index contributed by atoms with van der Waals surface area (Å²) in [6.07, 6.45) is 2.66. The van der Waals surface area contributed by atoms with Crippen molar-refractivity contribution in [2.45, 2.75) is 51.0 Å². The van der Waals surface area contributed by atoms with Gasteiger partial charge >= 0.3 is 12.1 Å². The molecule has 0 radical (unpaired) electrons. The summed E-state index contributed by atoms with van der Waals surface area (Å²) in [7, 11) is 0. The molecule has 2 aromatic rings. The van der Waals surface area contributed by atoms with E-state index in [-0.39, 0.29) is 36.9 Å². The Bertz CT molecular complexity index is 1000. The Kier molecular flexibility index (Phi) is 7.50. The van der Waals surface area contributed by atoms with Crippen molar-refractivity contribution in [3.63, 3.8) is 0 Å². The molecule has 3 N–H and O–H groups in total. The second kappa shape index (κ2) is 10.7. The Morgan fingerprint density at radius 1 is 1.03 bits per heavy atom. The maximum Gasteiger partial charge on any atom is 0.407 e. The van der Waals surface area contributed by atoms with Crippen molar-refractivity contribution in [2.75, 3.05) is 13.2 Å². The second-order valence-corrected chi connectivity index (χ2v) is 9.34. The zero-order valence-electron chi connectivity index (χ0n) is 19.5. The molecule has 0 spiro atoms. The number of carbonyl (C=O) groups is 3. The summed E-state index contributed by atoms with van der Waals surface area (Å²) in [5, 5.41) is 14.8. The normalized spacial score (nSPS) is 19.3. The topological polar surface area (TPSA) is 105 Å². The van der Waals surface area contributed by atoms with Gasteiger partial charge in [-0.25, -0.2) is 4.79 Å². The summed E-state index contributed by atoms with van der Waals surface area (Å²) in [5.41, 5.74) is 4.73. The summed E-state index contributed by atoms with van der Waals surface area (Å²) in [4.78, 5) is 35.7. The highest BCUT2D eigenvalue weighted by atomic mass is 16.5. The highest BCUT2D eigenvalue weighted by Crippen LogP contribution is 2.44. The molecular formula is C27H32N2O5. The van der Waals surface area contributed by atoms with Crippen molar-refractivity contribution < 1.29 is 24.2 Å². The molecule has 0 aliphatic heterocycles. The summed E-state index contributed by atoms with van der Waals surface area (Å²) >= 11 is 0. The molecule has 2 aliphatic carbocycles. The zero-order valence-corrected chi connectivity index (χ0v) is 19.5. The van der Waals surface area contributed by atoms with Gasteiger partial charge in [0, 0.05) is 24.9 Å². The van der Waals surface area contributed by atoms with E-state index >= 15 is 0 Å². The van der Waals surface area contributed by atoms with Gasteiger partial charge < -0.3 is 20.5 Å². The van der Waals surface area contributed by atoms with Crippen LogP contribution in [0.2, 0.25) is 0 Å². The monoisotopic (exact) mass is 464 g/mol. The first-order valence-electron chi connectivity index (χ1n) is 12.1. The number of nitrogens with one attached hydrogen (secondary N) is 2. The average Bonchev–Trinajstić information content (AvgIpc) is 3.12. The Labute approximate surface area is 199 Å². The van der Waals surface area contributed by atoms with Gasteiger partial charge in [-0.2, -0.15) is 0 Å². The van der Waals surface area contributed by atoms with Crippen molar-refractivity contribution in [3.8, 4) is 11.1 Å². The van der Waals surface area contributed by atoms with E-state index in [2.05, 4.69) is 34.9 Å². The highest BCUT2D eigenvalue weighted by molar-refractivity contribution is 5.79. The van der Waals surface area contributed by atoms with E-state index in [4.69, 9.17) is 4.74 Å². The number of hydrogen-bond donors (Lipinski definition) is 3. The SMILES string of the molecule is CCCC(CNC(=O)CC1CC(NC(=O)OCC2c3ccccc3-c3ccccc32)C1)C(=O)O. The Balaban J connectivity index is 1.18. The number of fused-ring (bicyclic) bond motifs is 3. The molecule has 1 fully saturated rings. The molecule has 0 bridgehead atoms. The number of carboxylic acids is 1. The number of carbonyl (C=O) groups excluding carboxylic acids is 2. The van der Waals surface area contributed by atoms with Gasteiger partial charge in [-0.1, -0.05) is 61.9 Å². The fourth-order valence-electron chi connectivity index (χ4n) is 5.06. The number of carboxylic acid groups (broad SMARTS) is 1. The molecular weight excluding hydrogens is 432 g/mol. The van der Waals surface area contributed by atoms with Crippen molar-refractivity contribution in [2.24, 2.45) is 11.8 Å². The van der Waals surface area contributed by atoms with Gasteiger partial charge in [-0.05, 0) is 47.4 Å². The van der Waals surface area contributed by atoms with Crippen molar-refractivity contribution in [1.82, 2.24) is 10.6 Å². The van der Waals surface area contributed by atoms with Crippen LogP contribution in [0.3, 0.4) is 0 Å². The maximum absolute atomic E-state index is 12.4. The van der Waals surface area contributed by atoms with Crippen LogP contribution in [0.5, 0.6) is 0 Å². The van der Waals surface area contributed by atoms with E-state index in [1.807, 2.05) is 31.2 Å². The molecule has 4 rings (SSSR count). The van der Waals surface area contributed by atoms with Gasteiger partial charge in [0.25, 0.3) is 0 Å². The minimum Gasteiger partial charge on any atom is -0.481 e. The van der Waals surface area contributed by atoms with Crippen LogP contribution in [0.4, 0.5) is 4.79 Å². The lowest BCUT2D eigenvalue weighted by Gasteiger charge is -2.35. The van der Waals surface area contributed by atoms with Gasteiger partial charge in [-0.3, -0.25) is 9.59 Å². The molecule has 2 amide bonds. The molecule has 7 heteroatoms. The molecule has 34 heavy (non-hydrogen) atoms. The van der Waals surface area contributed by atoms with E-state index in [9.17, 15) is 19.5 Å². The number of aliphatic carboxylic acids is 1. The first-order chi connectivity index (χ1) is 16.5. The molecule has 0 saturated heterocycles. The molecule has 2 aromatic carbocycles. The van der Waals surface area contributed by atoms with Crippen LogP contribution >= 0.6 is 0 Å². The number of benzene rings is 2. The molecule has 0 heterocycles. The van der Waals surface area contributed by atoms with Crippen LogP contribution in [0.25, 0.3) is 11.1 Å². The van der Waals surface area contributed by atoms with Crippen LogP contribution in [-0.4, -0.2) is 42.3 Å². The van der Waals surface area contributed by atoms with Crippen LogP contribution in [0.15, 0.2) is 48.5 Å². The summed E-state index contributed by atoms with van der Waals surface area (Å²) < 4.78 is 5.59. The molecule has 1 unspecified atom stereocenters. The number of ether oxygens (including phenoxy) is 1. The third kappa shape index (κ3) is 5.41. The zero-order chi connectivity index (χ0) is 24.1. The maximum atomic E-state index is 12.4. The molecule has 180 valence electrons. The van der Waals surface area contributed by atoms with Crippen molar-refractivity contribution in [3.05, 3.63) is 59.7 Å². The smallest absolute Gasteiger partial charge is 0.407 e. The van der Waals surface area contributed by atoms with Crippen molar-refractivity contribution in [1.29, 1.82) is 0 Å². The second-order valence-electron chi connectivity index (χ2n) is 9.34. The van der Waals surface area contributed by atoms with Gasteiger partial charge in [0.2, 0.25) is 5.91 Å². The molecule has 2 aliphatic rings. The third-order valence-corrected chi connectivity index (χ3v) is 6.91. The summed E-state index contributed by atoms with van der Waals surface area (Å²) in [5.74, 6) is -1.34. The largest absolute Gasteiger partial charge is 0.481 e. The predicted octanol–water partition coefficient (Wildman–Crippen LogP) is 4.31. The Morgan fingerprint density at radius 2 is 1.65 bits per heavy atom. The van der Waals surface area contributed by atoms with Crippen molar-refractivity contribution >= 4 is 18.0 Å². The fourth-order valence-corrected chi connectivity index (χ4v) is 5.06. The lowest BCUT2D eigenvalue weighted by atomic mass is 9.78. The quantitative estimate of drug-likeness (QED) is 0.486. The third-order valence-electron chi connectivity index (χ3n) is 6.91. The van der Waals surface area contributed by atoms with Gasteiger partial charge in [0.15, 0.2) is 0 Å². The molecule has 1 atom stereocenters. The van der Waals surface area contributed by atoms with Crippen LogP contribution in [0.1, 0.15) is 56.1 Å². The average molecular weight is 465 g/mol. The standard InChI is InChI=1S/C27H32N2O5/c1-2-7-18(26(31)32)15-28-25(30)14-17-12-19(13-17)29-27(33)34-16-24-22-10-5-3-8-20(22)21-9-4-6-11-23(21)24/h3-6,8-11,17-19,24H,2,7,12-16H2,1H3,(H,28,30)(H,29,33)(H,31,32). The van der Waals surface area contributed by atoms with E-state index in [0.717, 1.165) is 19.3 Å². The van der Waals surface area contributed by atoms with Crippen LogP contribution in [-0.2, 0) is 14.3 Å². The lowest BCUT2D eigenvalue weighted by molar-refractivity contribution is -0.142. The predicted molar refractivity (Wildman–Crippen MR) is 128 cm³/mol. The number of amides is 2. The minimum absolute atomic E-state index is 0.000287. The number of alkyl carbamates (subject to hydrolysis) is 1. The summed E-state index contributed by atoms with van der Waals surface area (Å²) in [6.45, 7) is 2.37. The molecule has 0 aromatic heterocycles. The van der Waals surface area contributed by atoms with Crippen LogP contribution < -0.4 is 10.6 Å². The van der Waals surface area contributed by atoms with Gasteiger partial charge in [0.1, 0.15) is 6.61 Å². The first kappa shape index (κ1) is 23.8. The number of hydrogen-bond acceptors (Lipinski definition) is 4. The minimum atomic E-state index is -0.877. The van der Waals surface area contributed by atoms with E-state index < -0.39 is 18.0 Å². The first-order valence-corrected chi connectivity index (χ1v) is 12.1. The van der Waals surface area contributed by atoms with Gasteiger partial charge in [-0.15, -0.1) is 0 Å². The van der Waals surface area contributed by atoms with E-state index in [1.165, 1.54) is 22.3 Å². The van der Waals surface area contributed by atoms with E-state index in [1.54, 1.807) is 0 Å². The molecule has 7 nitrogen and oxygen atoms in total. The fraction of sp³-hybridized carbons (Fsp3) is 0.444. The Morgan fingerprint density at radius 3 is 2.24 bits per heavy atom.